The summed E-state index contributed by atoms with van der Waals surface area (Å²) in [5.41, 5.74) is 4.57. The summed E-state index contributed by atoms with van der Waals surface area (Å²) in [7, 11) is -10.9. The summed E-state index contributed by atoms with van der Waals surface area (Å²) >= 11 is 0. The third-order valence-corrected chi connectivity index (χ3v) is 14.3. The second-order valence-corrected chi connectivity index (χ2v) is 21.3. The molecule has 0 bridgehead atoms. The summed E-state index contributed by atoms with van der Waals surface area (Å²) in [4.78, 5) is 62.0. The lowest BCUT2D eigenvalue weighted by atomic mass is 10.1. The van der Waals surface area contributed by atoms with Gasteiger partial charge in [0.1, 0.15) is 30.7 Å². The molecule has 73 heavy (non-hydrogen) atoms. The predicted molar refractivity (Wildman–Crippen MR) is 281 cm³/mol. The van der Waals surface area contributed by atoms with Crippen LogP contribution < -0.4 is 11.4 Å². The Morgan fingerprint density at radius 3 is 1.90 bits per heavy atom. The third-order valence-electron chi connectivity index (χ3n) is 11.7. The van der Waals surface area contributed by atoms with E-state index in [9.17, 15) is 48.6 Å². The summed E-state index contributed by atoms with van der Waals surface area (Å²) < 4.78 is 56.7. The first-order chi connectivity index (χ1) is 35.1. The van der Waals surface area contributed by atoms with Crippen molar-refractivity contribution in [3.05, 3.63) is 83.5 Å². The van der Waals surface area contributed by atoms with Crippen molar-refractivity contribution in [1.29, 1.82) is 0 Å². The number of rotatable bonds is 43. The van der Waals surface area contributed by atoms with Crippen LogP contribution >= 0.6 is 15.6 Å². The van der Waals surface area contributed by atoms with E-state index in [0.29, 0.717) is 6.42 Å². The number of carbonyl (C=O) groups is 2. The number of aromatic nitrogens is 2. The van der Waals surface area contributed by atoms with Gasteiger partial charge in [0.2, 0.25) is 0 Å². The van der Waals surface area contributed by atoms with Crippen LogP contribution in [-0.2, 0) is 46.3 Å². The Bertz CT molecular complexity index is 1980. The third kappa shape index (κ3) is 32.5. The number of anilines is 1. The van der Waals surface area contributed by atoms with E-state index in [4.69, 9.17) is 29.0 Å². The van der Waals surface area contributed by atoms with Crippen molar-refractivity contribution in [2.45, 2.75) is 211 Å². The van der Waals surface area contributed by atoms with Crippen LogP contribution in [0.25, 0.3) is 0 Å². The van der Waals surface area contributed by atoms with Crippen LogP contribution in [0.2, 0.25) is 0 Å². The molecule has 2 rings (SSSR count). The molecule has 0 aromatic carbocycles. The quantitative estimate of drug-likeness (QED) is 0.0117. The number of unbranched alkanes of at least 4 members (excludes halogenated alkanes) is 16. The number of aliphatic hydroxyl groups excluding tert-OH is 3. The van der Waals surface area contributed by atoms with E-state index in [1.54, 1.807) is 12.2 Å². The predicted octanol–water partition coefficient (Wildman–Crippen LogP) is 10.1. The molecule has 2 heterocycles. The average Bonchev–Trinajstić information content (AvgIpc) is 3.62. The van der Waals surface area contributed by atoms with Crippen LogP contribution in [0.15, 0.2) is 77.8 Å². The minimum Gasteiger partial charge on any atom is -0.462 e. The van der Waals surface area contributed by atoms with Gasteiger partial charge in [0.25, 0.3) is 0 Å². The van der Waals surface area contributed by atoms with Crippen LogP contribution in [0.4, 0.5) is 5.82 Å². The minimum atomic E-state index is -5.47. The van der Waals surface area contributed by atoms with Gasteiger partial charge in [0, 0.05) is 19.0 Å². The SMILES string of the molecule is CCCCC/C=C\C/C=C\CCCCCCCCCC(=O)O[C@H](COC(=O)CCCC(O)/C=C/C=C/C/C=C/CCCCCCCC)COP(=O)(O)OP(=O)(O)OC[C@H]1O[C@@H](n2ccc(N)nc2=O)[C@H](O)[C@@H]1O. The van der Waals surface area contributed by atoms with Gasteiger partial charge < -0.3 is 45.1 Å². The zero-order chi connectivity index (χ0) is 53.6. The molecular weight excluding hydrogens is 985 g/mol. The number of nitrogen functional groups attached to an aromatic ring is 1. The molecule has 3 unspecified atom stereocenters. The molecule has 7 N–H and O–H groups in total. The van der Waals surface area contributed by atoms with E-state index in [1.165, 1.54) is 63.9 Å². The molecule has 0 spiro atoms. The highest BCUT2D eigenvalue weighted by atomic mass is 31.3. The standard InChI is InChI=1S/C52H87N3O16P2/c1-3-5-7-9-11-13-15-17-18-19-20-22-24-26-28-30-32-36-48(58)69-44(40-66-47(57)37-33-35-43(56)34-31-29-27-25-23-21-16-14-12-10-8-6-4-2)41-67-72(62,63)71-73(64,65)68-42-45-49(59)50(60)51(70-45)55-39-38-46(53)54-52(55)61/h11,13,17-18,21,23,27,29,31,34,38-39,43-45,49-51,56,59-60H,3-10,12,14-16,19-20,22,24-26,28,30,32-33,35-37,40-42H2,1-2H3,(H,62,63)(H,64,65)(H2,53,54,61)/b13-11-,18-17-,23-21+,29-27+,34-31+/t43?,44-,45-,49-,50-,51-/m1/s1. The van der Waals surface area contributed by atoms with Gasteiger partial charge in [0.05, 0.1) is 19.3 Å². The number of esters is 2. The minimum absolute atomic E-state index is 0.0000708. The number of nitrogens with zero attached hydrogens (tertiary/aromatic N) is 2. The van der Waals surface area contributed by atoms with Crippen molar-refractivity contribution in [3.8, 4) is 0 Å². The second kappa shape index (κ2) is 39.8. The maximum Gasteiger partial charge on any atom is 0.481 e. The Labute approximate surface area is 433 Å². The Kier molecular flexibility index (Phi) is 35.7. The van der Waals surface area contributed by atoms with E-state index >= 15 is 0 Å². The van der Waals surface area contributed by atoms with Gasteiger partial charge in [0.15, 0.2) is 12.3 Å². The van der Waals surface area contributed by atoms with Crippen LogP contribution in [0, 0.1) is 0 Å². The molecule has 1 saturated heterocycles. The van der Waals surface area contributed by atoms with Crippen molar-refractivity contribution < 1.29 is 71.4 Å². The fraction of sp³-hybridized carbons (Fsp3) is 0.692. The molecule has 8 atom stereocenters. The fourth-order valence-electron chi connectivity index (χ4n) is 7.53. The van der Waals surface area contributed by atoms with Crippen molar-refractivity contribution in [1.82, 2.24) is 9.55 Å². The summed E-state index contributed by atoms with van der Waals surface area (Å²) in [5, 5.41) is 31.3. The van der Waals surface area contributed by atoms with E-state index in [2.05, 4.69) is 59.6 Å². The summed E-state index contributed by atoms with van der Waals surface area (Å²) in [6.07, 6.45) is 36.0. The van der Waals surface area contributed by atoms with Crippen molar-refractivity contribution in [2.75, 3.05) is 25.6 Å². The van der Waals surface area contributed by atoms with Gasteiger partial charge in [-0.2, -0.15) is 9.29 Å². The maximum absolute atomic E-state index is 12.9. The molecule has 1 aliphatic rings. The first-order valence-corrected chi connectivity index (χ1v) is 29.4. The van der Waals surface area contributed by atoms with Gasteiger partial charge >= 0.3 is 33.3 Å². The number of aliphatic hydroxyl groups is 3. The van der Waals surface area contributed by atoms with Gasteiger partial charge in [-0.3, -0.25) is 23.2 Å². The van der Waals surface area contributed by atoms with E-state index in [-0.39, 0.29) is 31.5 Å². The number of allylic oxidation sites excluding steroid dienone is 9. The highest BCUT2D eigenvalue weighted by molar-refractivity contribution is 7.61. The molecule has 416 valence electrons. The Morgan fingerprint density at radius 2 is 1.27 bits per heavy atom. The van der Waals surface area contributed by atoms with Gasteiger partial charge in [-0.15, -0.1) is 0 Å². The molecule has 1 fully saturated rings. The Hall–Kier alpha value is -3.58. The molecule has 1 aliphatic heterocycles. The lowest BCUT2D eigenvalue weighted by molar-refractivity contribution is -0.161. The molecule has 0 radical (unpaired) electrons. The Balaban J connectivity index is 1.84. The first kappa shape index (κ1) is 65.5. The summed E-state index contributed by atoms with van der Waals surface area (Å²) in [5.74, 6) is -1.51. The van der Waals surface area contributed by atoms with Crippen LogP contribution in [0.1, 0.15) is 181 Å². The smallest absolute Gasteiger partial charge is 0.462 e. The normalized spacial score (nSPS) is 19.9. The number of nitrogens with two attached hydrogens (primary N) is 1. The van der Waals surface area contributed by atoms with Gasteiger partial charge in [-0.05, 0) is 76.7 Å². The zero-order valence-electron chi connectivity index (χ0n) is 43.3. The number of carbonyl (C=O) groups excluding carboxylic acids is 2. The zero-order valence-corrected chi connectivity index (χ0v) is 45.1. The molecule has 0 saturated carbocycles. The lowest BCUT2D eigenvalue weighted by Gasteiger charge is -2.21. The summed E-state index contributed by atoms with van der Waals surface area (Å²) in [6.45, 7) is 1.94. The highest BCUT2D eigenvalue weighted by Crippen LogP contribution is 2.60. The van der Waals surface area contributed by atoms with Crippen molar-refractivity contribution in [3.63, 3.8) is 0 Å². The average molecular weight is 1070 g/mol. The highest BCUT2D eigenvalue weighted by Gasteiger charge is 2.46. The lowest BCUT2D eigenvalue weighted by Crippen LogP contribution is -2.36. The van der Waals surface area contributed by atoms with Crippen molar-refractivity contribution >= 4 is 33.4 Å². The topological polar surface area (TPSA) is 286 Å². The van der Waals surface area contributed by atoms with Crippen LogP contribution in [-0.4, -0.2) is 96.9 Å². The van der Waals surface area contributed by atoms with Gasteiger partial charge in [-0.25, -0.2) is 13.9 Å². The number of hydrogen-bond donors (Lipinski definition) is 6. The fourth-order valence-corrected chi connectivity index (χ4v) is 9.64. The number of ether oxygens (including phenoxy) is 3. The largest absolute Gasteiger partial charge is 0.481 e. The van der Waals surface area contributed by atoms with Crippen LogP contribution in [0.5, 0.6) is 0 Å². The second-order valence-electron chi connectivity index (χ2n) is 18.2. The van der Waals surface area contributed by atoms with Crippen LogP contribution in [0.3, 0.4) is 0 Å². The molecule has 1 aromatic heterocycles. The molecular formula is C52H87N3O16P2. The maximum atomic E-state index is 12.9. The molecule has 0 amide bonds. The van der Waals surface area contributed by atoms with Crippen molar-refractivity contribution in [2.24, 2.45) is 0 Å². The number of phosphoric acid groups is 2. The number of hydrogen-bond acceptors (Lipinski definition) is 16. The molecule has 21 heteroatoms. The first-order valence-electron chi connectivity index (χ1n) is 26.4. The van der Waals surface area contributed by atoms with E-state index in [0.717, 1.165) is 81.4 Å². The Morgan fingerprint density at radius 1 is 0.726 bits per heavy atom. The van der Waals surface area contributed by atoms with E-state index in [1.807, 2.05) is 12.2 Å². The molecule has 1 aromatic rings. The summed E-state index contributed by atoms with van der Waals surface area (Å²) in [6, 6.07) is 1.24. The molecule has 0 aliphatic carbocycles. The monoisotopic (exact) mass is 1070 g/mol. The van der Waals surface area contributed by atoms with E-state index < -0.39 is 89.8 Å². The number of phosphoric ester groups is 2. The molecule has 19 nitrogen and oxygen atoms in total. The van der Waals surface area contributed by atoms with Gasteiger partial charge in [-0.1, -0.05) is 152 Å².